The van der Waals surface area contributed by atoms with Gasteiger partial charge in [0, 0.05) is 43.2 Å². The summed E-state index contributed by atoms with van der Waals surface area (Å²) in [4.78, 5) is 2.61. The van der Waals surface area contributed by atoms with E-state index in [-0.39, 0.29) is 0 Å². The number of hydrogen-bond acceptors (Lipinski definition) is 3. The van der Waals surface area contributed by atoms with Gasteiger partial charge in [-0.3, -0.25) is 0 Å². The van der Waals surface area contributed by atoms with Gasteiger partial charge in [0.05, 0.1) is 0 Å². The van der Waals surface area contributed by atoms with E-state index in [1.165, 1.54) is 38.2 Å². The SMILES string of the molecule is CCC(C)NCCN1CCSC(CC)C1. The van der Waals surface area contributed by atoms with Crippen molar-refractivity contribution >= 4 is 11.8 Å². The molecule has 1 saturated heterocycles. The molecule has 1 N–H and O–H groups in total. The quantitative estimate of drug-likeness (QED) is 0.753. The molecule has 0 aromatic heterocycles. The third-order valence-electron chi connectivity index (χ3n) is 3.21. The van der Waals surface area contributed by atoms with Gasteiger partial charge >= 0.3 is 0 Å². The molecule has 3 heteroatoms. The molecular formula is C12H26N2S. The van der Waals surface area contributed by atoms with E-state index in [9.17, 15) is 0 Å². The Morgan fingerprint density at radius 3 is 2.93 bits per heavy atom. The van der Waals surface area contributed by atoms with Gasteiger partial charge in [0.2, 0.25) is 0 Å². The van der Waals surface area contributed by atoms with Crippen LogP contribution in [0.4, 0.5) is 0 Å². The third-order valence-corrected chi connectivity index (χ3v) is 4.58. The molecule has 1 aliphatic rings. The van der Waals surface area contributed by atoms with E-state index in [0.29, 0.717) is 6.04 Å². The normalized spacial score (nSPS) is 25.4. The van der Waals surface area contributed by atoms with E-state index in [4.69, 9.17) is 0 Å². The van der Waals surface area contributed by atoms with Crippen molar-refractivity contribution in [2.75, 3.05) is 31.9 Å². The molecular weight excluding hydrogens is 204 g/mol. The highest BCUT2D eigenvalue weighted by atomic mass is 32.2. The topological polar surface area (TPSA) is 15.3 Å². The number of thioether (sulfide) groups is 1. The fraction of sp³-hybridized carbons (Fsp3) is 1.00. The molecule has 1 aliphatic heterocycles. The first-order valence-electron chi connectivity index (χ1n) is 6.33. The molecule has 2 unspecified atom stereocenters. The van der Waals surface area contributed by atoms with Crippen molar-refractivity contribution in [2.24, 2.45) is 0 Å². The third kappa shape index (κ3) is 5.23. The predicted molar refractivity (Wildman–Crippen MR) is 70.7 cm³/mol. The van der Waals surface area contributed by atoms with Crippen LogP contribution in [0.2, 0.25) is 0 Å². The van der Waals surface area contributed by atoms with Gasteiger partial charge in [0.1, 0.15) is 0 Å². The molecule has 0 amide bonds. The second-order valence-corrected chi connectivity index (χ2v) is 5.87. The fourth-order valence-electron chi connectivity index (χ4n) is 1.84. The summed E-state index contributed by atoms with van der Waals surface area (Å²) >= 11 is 2.15. The van der Waals surface area contributed by atoms with Crippen molar-refractivity contribution in [1.82, 2.24) is 10.2 Å². The van der Waals surface area contributed by atoms with Crippen LogP contribution in [-0.4, -0.2) is 48.1 Å². The lowest BCUT2D eigenvalue weighted by molar-refractivity contribution is 0.276. The van der Waals surface area contributed by atoms with Gasteiger partial charge in [0.15, 0.2) is 0 Å². The van der Waals surface area contributed by atoms with Crippen molar-refractivity contribution in [1.29, 1.82) is 0 Å². The maximum Gasteiger partial charge on any atom is 0.0172 e. The minimum Gasteiger partial charge on any atom is -0.313 e. The first kappa shape index (κ1) is 13.3. The first-order chi connectivity index (χ1) is 7.26. The van der Waals surface area contributed by atoms with Crippen molar-refractivity contribution in [2.45, 2.75) is 44.9 Å². The van der Waals surface area contributed by atoms with E-state index in [0.717, 1.165) is 11.8 Å². The molecule has 1 fully saturated rings. The summed E-state index contributed by atoms with van der Waals surface area (Å²) in [6, 6.07) is 0.672. The molecule has 0 aromatic carbocycles. The molecule has 1 rings (SSSR count). The number of rotatable bonds is 6. The zero-order valence-corrected chi connectivity index (χ0v) is 11.3. The average Bonchev–Trinajstić information content (AvgIpc) is 2.29. The van der Waals surface area contributed by atoms with Crippen molar-refractivity contribution in [3.05, 3.63) is 0 Å². The Kier molecular flexibility index (Phi) is 6.69. The van der Waals surface area contributed by atoms with Gasteiger partial charge in [-0.05, 0) is 19.8 Å². The van der Waals surface area contributed by atoms with E-state index < -0.39 is 0 Å². The van der Waals surface area contributed by atoms with Gasteiger partial charge in [-0.1, -0.05) is 13.8 Å². The second-order valence-electron chi connectivity index (χ2n) is 4.47. The minimum absolute atomic E-state index is 0.672. The maximum atomic E-state index is 3.56. The standard InChI is InChI=1S/C12H26N2S/c1-4-11(3)13-6-7-14-8-9-15-12(5-2)10-14/h11-13H,4-10H2,1-3H3. The molecule has 0 aliphatic carbocycles. The van der Waals surface area contributed by atoms with Crippen LogP contribution in [0.5, 0.6) is 0 Å². The van der Waals surface area contributed by atoms with E-state index in [1.807, 2.05) is 0 Å². The number of hydrogen-bond donors (Lipinski definition) is 1. The lowest BCUT2D eigenvalue weighted by atomic mass is 10.2. The molecule has 0 bridgehead atoms. The van der Waals surface area contributed by atoms with Gasteiger partial charge < -0.3 is 10.2 Å². The summed E-state index contributed by atoms with van der Waals surface area (Å²) in [7, 11) is 0. The zero-order valence-electron chi connectivity index (χ0n) is 10.5. The summed E-state index contributed by atoms with van der Waals surface area (Å²) in [5.74, 6) is 1.32. The highest BCUT2D eigenvalue weighted by molar-refractivity contribution is 8.00. The molecule has 2 atom stereocenters. The van der Waals surface area contributed by atoms with Crippen LogP contribution in [0.1, 0.15) is 33.6 Å². The molecule has 0 aromatic rings. The summed E-state index contributed by atoms with van der Waals surface area (Å²) in [5.41, 5.74) is 0. The van der Waals surface area contributed by atoms with Gasteiger partial charge in [-0.2, -0.15) is 11.8 Å². The van der Waals surface area contributed by atoms with Crippen molar-refractivity contribution in [3.8, 4) is 0 Å². The first-order valence-corrected chi connectivity index (χ1v) is 7.38. The highest BCUT2D eigenvalue weighted by Crippen LogP contribution is 2.20. The van der Waals surface area contributed by atoms with Crippen LogP contribution in [0, 0.1) is 0 Å². The van der Waals surface area contributed by atoms with Crippen molar-refractivity contribution in [3.63, 3.8) is 0 Å². The van der Waals surface area contributed by atoms with Gasteiger partial charge in [-0.25, -0.2) is 0 Å². The molecule has 90 valence electrons. The Bertz CT molecular complexity index is 164. The van der Waals surface area contributed by atoms with Crippen LogP contribution in [0.25, 0.3) is 0 Å². The average molecular weight is 230 g/mol. The largest absolute Gasteiger partial charge is 0.313 e. The monoisotopic (exact) mass is 230 g/mol. The predicted octanol–water partition coefficient (Wildman–Crippen LogP) is 2.20. The molecule has 0 saturated carbocycles. The van der Waals surface area contributed by atoms with Crippen LogP contribution in [-0.2, 0) is 0 Å². The van der Waals surface area contributed by atoms with Gasteiger partial charge in [0.25, 0.3) is 0 Å². The zero-order chi connectivity index (χ0) is 11.1. The Hall–Kier alpha value is 0.270. The summed E-state index contributed by atoms with van der Waals surface area (Å²) in [5, 5.41) is 4.44. The van der Waals surface area contributed by atoms with Crippen LogP contribution >= 0.6 is 11.8 Å². The Morgan fingerprint density at radius 2 is 2.27 bits per heavy atom. The highest BCUT2D eigenvalue weighted by Gasteiger charge is 2.18. The van der Waals surface area contributed by atoms with Crippen LogP contribution < -0.4 is 5.32 Å². The second kappa shape index (κ2) is 7.53. The Morgan fingerprint density at radius 1 is 1.47 bits per heavy atom. The molecule has 0 radical (unpaired) electrons. The summed E-state index contributed by atoms with van der Waals surface area (Å²) < 4.78 is 0. The maximum absolute atomic E-state index is 3.56. The summed E-state index contributed by atoms with van der Waals surface area (Å²) in [6.07, 6.45) is 2.55. The van der Waals surface area contributed by atoms with Crippen LogP contribution in [0.15, 0.2) is 0 Å². The Balaban J connectivity index is 2.10. The van der Waals surface area contributed by atoms with Crippen LogP contribution in [0.3, 0.4) is 0 Å². The smallest absolute Gasteiger partial charge is 0.0172 e. The molecule has 1 heterocycles. The number of nitrogens with one attached hydrogen (secondary N) is 1. The lowest BCUT2D eigenvalue weighted by Crippen LogP contribution is -2.42. The molecule has 0 spiro atoms. The van der Waals surface area contributed by atoms with Crippen molar-refractivity contribution < 1.29 is 0 Å². The molecule has 15 heavy (non-hydrogen) atoms. The Labute approximate surface area is 99.2 Å². The van der Waals surface area contributed by atoms with Gasteiger partial charge in [-0.15, -0.1) is 0 Å². The molecule has 2 nitrogen and oxygen atoms in total. The number of nitrogens with zero attached hydrogens (tertiary/aromatic N) is 1. The van der Waals surface area contributed by atoms with E-state index in [1.54, 1.807) is 0 Å². The van der Waals surface area contributed by atoms with E-state index in [2.05, 4.69) is 42.7 Å². The summed E-state index contributed by atoms with van der Waals surface area (Å²) in [6.45, 7) is 11.8. The minimum atomic E-state index is 0.672. The lowest BCUT2D eigenvalue weighted by Gasteiger charge is -2.32. The fourth-order valence-corrected chi connectivity index (χ4v) is 3.09. The van der Waals surface area contributed by atoms with E-state index >= 15 is 0 Å².